The van der Waals surface area contributed by atoms with Gasteiger partial charge in [-0.25, -0.2) is 0 Å². The lowest BCUT2D eigenvalue weighted by Gasteiger charge is -2.26. The van der Waals surface area contributed by atoms with Gasteiger partial charge in [-0.1, -0.05) is 12.8 Å². The van der Waals surface area contributed by atoms with Gasteiger partial charge in [-0.05, 0) is 44.2 Å². The van der Waals surface area contributed by atoms with Crippen molar-refractivity contribution in [1.82, 2.24) is 5.32 Å². The number of carbonyl (C=O) groups is 1. The fourth-order valence-electron chi connectivity index (χ4n) is 2.59. The van der Waals surface area contributed by atoms with Gasteiger partial charge >= 0.3 is 0 Å². The summed E-state index contributed by atoms with van der Waals surface area (Å²) in [6, 6.07) is 7.37. The van der Waals surface area contributed by atoms with E-state index < -0.39 is 0 Å². The zero-order valence-electron chi connectivity index (χ0n) is 10.5. The van der Waals surface area contributed by atoms with Gasteiger partial charge in [-0.15, -0.1) is 0 Å². The van der Waals surface area contributed by atoms with Crippen molar-refractivity contribution in [2.75, 3.05) is 14.2 Å². The first-order valence-electron chi connectivity index (χ1n) is 6.09. The van der Waals surface area contributed by atoms with Crippen molar-refractivity contribution >= 4 is 5.78 Å². The highest BCUT2D eigenvalue weighted by Crippen LogP contribution is 2.32. The van der Waals surface area contributed by atoms with Crippen molar-refractivity contribution in [3.05, 3.63) is 29.8 Å². The number of benzene rings is 1. The van der Waals surface area contributed by atoms with Crippen molar-refractivity contribution in [3.8, 4) is 5.75 Å². The second kappa shape index (κ2) is 4.88. The van der Waals surface area contributed by atoms with Crippen LogP contribution in [0.15, 0.2) is 24.3 Å². The summed E-state index contributed by atoms with van der Waals surface area (Å²) in [5, 5.41) is 3.22. The number of likely N-dealkylation sites (N-methyl/N-ethyl adjacent to an activating group) is 1. The largest absolute Gasteiger partial charge is 0.497 e. The summed E-state index contributed by atoms with van der Waals surface area (Å²) >= 11 is 0. The number of ketones is 1. The van der Waals surface area contributed by atoms with E-state index in [1.165, 1.54) is 0 Å². The molecular weight excluding hydrogens is 214 g/mol. The van der Waals surface area contributed by atoms with E-state index in [1.807, 2.05) is 31.3 Å². The van der Waals surface area contributed by atoms with E-state index >= 15 is 0 Å². The average molecular weight is 233 g/mol. The molecule has 0 radical (unpaired) electrons. The number of nitrogens with one attached hydrogen (secondary N) is 1. The number of hydrogen-bond donors (Lipinski definition) is 1. The molecule has 1 aromatic carbocycles. The number of ether oxygens (including phenoxy) is 1. The van der Waals surface area contributed by atoms with Crippen LogP contribution in [-0.4, -0.2) is 25.5 Å². The van der Waals surface area contributed by atoms with Gasteiger partial charge in [0.15, 0.2) is 5.78 Å². The van der Waals surface area contributed by atoms with Crippen LogP contribution in [0.25, 0.3) is 0 Å². The lowest BCUT2D eigenvalue weighted by atomic mass is 9.88. The summed E-state index contributed by atoms with van der Waals surface area (Å²) in [5.74, 6) is 0.992. The predicted molar refractivity (Wildman–Crippen MR) is 67.6 cm³/mol. The SMILES string of the molecule is CNC1(C(=O)c2ccc(OC)cc2)CCCC1. The average Bonchev–Trinajstić information content (AvgIpc) is 2.88. The Labute approximate surface area is 102 Å². The van der Waals surface area contributed by atoms with Gasteiger partial charge < -0.3 is 10.1 Å². The molecule has 92 valence electrons. The maximum absolute atomic E-state index is 12.5. The maximum Gasteiger partial charge on any atom is 0.182 e. The van der Waals surface area contributed by atoms with E-state index in [-0.39, 0.29) is 11.3 Å². The van der Waals surface area contributed by atoms with Gasteiger partial charge in [-0.3, -0.25) is 4.79 Å². The summed E-state index contributed by atoms with van der Waals surface area (Å²) < 4.78 is 5.10. The first-order valence-corrected chi connectivity index (χ1v) is 6.09. The highest BCUT2D eigenvalue weighted by Gasteiger charge is 2.39. The lowest BCUT2D eigenvalue weighted by Crippen LogP contribution is -2.47. The third-order valence-corrected chi connectivity index (χ3v) is 3.72. The third kappa shape index (κ3) is 2.20. The van der Waals surface area contributed by atoms with E-state index in [9.17, 15) is 4.79 Å². The van der Waals surface area contributed by atoms with Gasteiger partial charge in [0, 0.05) is 5.56 Å². The first-order chi connectivity index (χ1) is 8.22. The molecule has 17 heavy (non-hydrogen) atoms. The van der Waals surface area contributed by atoms with Crippen LogP contribution in [0.4, 0.5) is 0 Å². The van der Waals surface area contributed by atoms with Gasteiger partial charge in [0.1, 0.15) is 5.75 Å². The van der Waals surface area contributed by atoms with Gasteiger partial charge in [0.05, 0.1) is 12.6 Å². The number of hydrogen-bond acceptors (Lipinski definition) is 3. The van der Waals surface area contributed by atoms with Crippen LogP contribution in [0.3, 0.4) is 0 Å². The Balaban J connectivity index is 2.23. The fraction of sp³-hybridized carbons (Fsp3) is 0.500. The topological polar surface area (TPSA) is 38.3 Å². The van der Waals surface area contributed by atoms with E-state index in [0.29, 0.717) is 0 Å². The Morgan fingerprint density at radius 2 is 1.82 bits per heavy atom. The molecule has 3 nitrogen and oxygen atoms in total. The minimum absolute atomic E-state index is 0.208. The lowest BCUT2D eigenvalue weighted by molar-refractivity contribution is 0.0862. The van der Waals surface area contributed by atoms with Crippen LogP contribution in [0.5, 0.6) is 5.75 Å². The molecule has 0 heterocycles. The van der Waals surface area contributed by atoms with E-state index in [4.69, 9.17) is 4.74 Å². The molecule has 0 spiro atoms. The molecule has 0 bridgehead atoms. The summed E-state index contributed by atoms with van der Waals surface area (Å²) in [6.45, 7) is 0. The van der Waals surface area contributed by atoms with E-state index in [1.54, 1.807) is 7.11 Å². The monoisotopic (exact) mass is 233 g/mol. The molecular formula is C14H19NO2. The quantitative estimate of drug-likeness (QED) is 0.812. The Morgan fingerprint density at radius 3 is 2.29 bits per heavy atom. The Morgan fingerprint density at radius 1 is 1.24 bits per heavy atom. The molecule has 0 saturated heterocycles. The van der Waals surface area contributed by atoms with Crippen LogP contribution >= 0.6 is 0 Å². The first kappa shape index (κ1) is 12.1. The van der Waals surface area contributed by atoms with Gasteiger partial charge in [0.25, 0.3) is 0 Å². The number of methoxy groups -OCH3 is 1. The molecule has 0 aliphatic heterocycles. The minimum atomic E-state index is -0.339. The molecule has 1 saturated carbocycles. The number of Topliss-reactive ketones (excluding diaryl/α,β-unsaturated/α-hetero) is 1. The van der Waals surface area contributed by atoms with Crippen molar-refractivity contribution in [3.63, 3.8) is 0 Å². The zero-order chi connectivity index (χ0) is 12.3. The Bertz CT molecular complexity index is 391. The number of rotatable bonds is 4. The molecule has 2 rings (SSSR count). The second-order valence-electron chi connectivity index (χ2n) is 4.60. The molecule has 0 amide bonds. The van der Waals surface area contributed by atoms with Crippen molar-refractivity contribution in [2.24, 2.45) is 0 Å². The van der Waals surface area contributed by atoms with Gasteiger partial charge in [0.2, 0.25) is 0 Å². The van der Waals surface area contributed by atoms with Crippen molar-refractivity contribution in [2.45, 2.75) is 31.2 Å². The molecule has 1 N–H and O–H groups in total. The Hall–Kier alpha value is -1.35. The predicted octanol–water partition coefficient (Wildman–Crippen LogP) is 2.41. The fourth-order valence-corrected chi connectivity index (χ4v) is 2.59. The summed E-state index contributed by atoms with van der Waals surface area (Å²) in [5.41, 5.74) is 0.427. The molecule has 1 aliphatic carbocycles. The zero-order valence-corrected chi connectivity index (χ0v) is 10.5. The standard InChI is InChI=1S/C14H19NO2/c1-15-14(9-3-4-10-14)13(16)11-5-7-12(17-2)8-6-11/h5-8,15H,3-4,9-10H2,1-2H3. The third-order valence-electron chi connectivity index (χ3n) is 3.72. The number of carbonyl (C=O) groups excluding carboxylic acids is 1. The van der Waals surface area contributed by atoms with E-state index in [0.717, 1.165) is 37.0 Å². The maximum atomic E-state index is 12.5. The van der Waals surface area contributed by atoms with Crippen LogP contribution in [0.1, 0.15) is 36.0 Å². The van der Waals surface area contributed by atoms with Crippen molar-refractivity contribution < 1.29 is 9.53 Å². The van der Waals surface area contributed by atoms with Crippen LogP contribution in [0.2, 0.25) is 0 Å². The molecule has 1 fully saturated rings. The van der Waals surface area contributed by atoms with Crippen LogP contribution in [-0.2, 0) is 0 Å². The second-order valence-corrected chi connectivity index (χ2v) is 4.60. The molecule has 0 aromatic heterocycles. The molecule has 3 heteroatoms. The normalized spacial score (nSPS) is 18.0. The Kier molecular flexibility index (Phi) is 3.48. The van der Waals surface area contributed by atoms with Gasteiger partial charge in [-0.2, -0.15) is 0 Å². The molecule has 0 atom stereocenters. The molecule has 1 aliphatic rings. The summed E-state index contributed by atoms with van der Waals surface area (Å²) in [6.07, 6.45) is 4.13. The highest BCUT2D eigenvalue weighted by atomic mass is 16.5. The highest BCUT2D eigenvalue weighted by molar-refractivity contribution is 6.03. The van der Waals surface area contributed by atoms with Crippen LogP contribution < -0.4 is 10.1 Å². The molecule has 1 aromatic rings. The summed E-state index contributed by atoms with van der Waals surface area (Å²) in [4.78, 5) is 12.5. The van der Waals surface area contributed by atoms with Crippen molar-refractivity contribution in [1.29, 1.82) is 0 Å². The smallest absolute Gasteiger partial charge is 0.182 e. The molecule has 0 unspecified atom stereocenters. The summed E-state index contributed by atoms with van der Waals surface area (Å²) in [7, 11) is 3.51. The van der Waals surface area contributed by atoms with Crippen LogP contribution in [0, 0.1) is 0 Å². The minimum Gasteiger partial charge on any atom is -0.497 e. The van der Waals surface area contributed by atoms with E-state index in [2.05, 4.69) is 5.32 Å².